The summed E-state index contributed by atoms with van der Waals surface area (Å²) in [5.41, 5.74) is 16.7. The van der Waals surface area contributed by atoms with Crippen molar-refractivity contribution in [1.82, 2.24) is 9.13 Å². The molecule has 12 rings (SSSR count). The van der Waals surface area contributed by atoms with Crippen LogP contribution in [-0.2, 0) is 5.41 Å². The number of rotatable bonds is 3. The zero-order valence-corrected chi connectivity index (χ0v) is 30.0. The predicted molar refractivity (Wildman–Crippen MR) is 225 cm³/mol. The molecule has 3 aromatic heterocycles. The Morgan fingerprint density at radius 1 is 0.407 bits per heavy atom. The number of benzene rings is 8. The van der Waals surface area contributed by atoms with Crippen molar-refractivity contribution in [3.8, 4) is 33.6 Å². The maximum absolute atomic E-state index is 6.38. The van der Waals surface area contributed by atoms with Gasteiger partial charge < -0.3 is 13.6 Å². The van der Waals surface area contributed by atoms with Crippen molar-refractivity contribution in [3.05, 3.63) is 181 Å². The fourth-order valence-electron chi connectivity index (χ4n) is 9.61. The van der Waals surface area contributed by atoms with E-state index >= 15 is 0 Å². The summed E-state index contributed by atoms with van der Waals surface area (Å²) in [6.45, 7) is 4.73. The Bertz CT molecular complexity index is 3340. The quantitative estimate of drug-likeness (QED) is 0.181. The summed E-state index contributed by atoms with van der Waals surface area (Å²) >= 11 is 0. The maximum atomic E-state index is 6.38. The van der Waals surface area contributed by atoms with E-state index in [9.17, 15) is 0 Å². The topological polar surface area (TPSA) is 23.0 Å². The third-order valence-corrected chi connectivity index (χ3v) is 12.1. The van der Waals surface area contributed by atoms with Crippen LogP contribution in [-0.4, -0.2) is 9.13 Å². The Hall–Kier alpha value is -6.84. The molecular formula is C51H34N2O. The van der Waals surface area contributed by atoms with Crippen LogP contribution in [0.15, 0.2) is 174 Å². The first kappa shape index (κ1) is 29.7. The third-order valence-electron chi connectivity index (χ3n) is 12.1. The lowest BCUT2D eigenvalue weighted by atomic mass is 9.82. The van der Waals surface area contributed by atoms with Gasteiger partial charge in [0.2, 0.25) is 0 Å². The monoisotopic (exact) mass is 690 g/mol. The molecule has 0 N–H and O–H groups in total. The summed E-state index contributed by atoms with van der Waals surface area (Å²) < 4.78 is 11.2. The number of hydrogen-bond donors (Lipinski definition) is 0. The lowest BCUT2D eigenvalue weighted by Crippen LogP contribution is -2.14. The van der Waals surface area contributed by atoms with Gasteiger partial charge in [0.15, 0.2) is 0 Å². The smallest absolute Gasteiger partial charge is 0.136 e. The van der Waals surface area contributed by atoms with Crippen LogP contribution in [0.5, 0.6) is 0 Å². The average molecular weight is 691 g/mol. The standard InChI is InChI=1S/C51H34N2O/c1-51(2)41-19-11-9-18-37(41)49-42(51)24-26-44-50(49)40-27-31(22-25-43(40)52(44)33-13-5-3-6-14-33)32-21-23-35-38-30-48-39(36-17-10-12-20-47(36)54-48)29-46(38)53(45(35)28-32)34-15-7-4-8-16-34/h3-30H,1-2H3. The molecule has 0 spiro atoms. The number of fused-ring (bicyclic) bond motifs is 13. The molecule has 0 bridgehead atoms. The Kier molecular flexibility index (Phi) is 5.84. The lowest BCUT2D eigenvalue weighted by molar-refractivity contribution is 0.661. The number of aromatic nitrogens is 2. The highest BCUT2D eigenvalue weighted by Crippen LogP contribution is 2.53. The molecule has 0 saturated heterocycles. The van der Waals surface area contributed by atoms with Crippen molar-refractivity contribution in [1.29, 1.82) is 0 Å². The third kappa shape index (κ3) is 3.91. The maximum Gasteiger partial charge on any atom is 0.136 e. The van der Waals surface area contributed by atoms with Gasteiger partial charge in [-0.3, -0.25) is 0 Å². The average Bonchev–Trinajstić information content (AvgIpc) is 3.92. The molecule has 0 aliphatic heterocycles. The first-order chi connectivity index (χ1) is 26.5. The van der Waals surface area contributed by atoms with Gasteiger partial charge in [0, 0.05) is 49.1 Å². The van der Waals surface area contributed by atoms with E-state index in [1.54, 1.807) is 0 Å². The van der Waals surface area contributed by atoms with Crippen molar-refractivity contribution in [2.75, 3.05) is 0 Å². The van der Waals surface area contributed by atoms with E-state index < -0.39 is 0 Å². The zero-order chi connectivity index (χ0) is 35.7. The molecule has 3 heterocycles. The van der Waals surface area contributed by atoms with E-state index in [4.69, 9.17) is 4.42 Å². The first-order valence-electron chi connectivity index (χ1n) is 18.8. The minimum atomic E-state index is -0.0812. The minimum absolute atomic E-state index is 0.0812. The molecule has 3 heteroatoms. The molecular weight excluding hydrogens is 657 g/mol. The Balaban J connectivity index is 1.14. The Morgan fingerprint density at radius 3 is 1.87 bits per heavy atom. The van der Waals surface area contributed by atoms with Crippen LogP contribution in [0.1, 0.15) is 25.0 Å². The van der Waals surface area contributed by atoms with Gasteiger partial charge in [-0.15, -0.1) is 0 Å². The van der Waals surface area contributed by atoms with Gasteiger partial charge in [-0.2, -0.15) is 0 Å². The summed E-state index contributed by atoms with van der Waals surface area (Å²) in [4.78, 5) is 0. The minimum Gasteiger partial charge on any atom is -0.456 e. The van der Waals surface area contributed by atoms with Gasteiger partial charge in [-0.05, 0) is 100 Å². The molecule has 0 atom stereocenters. The molecule has 0 saturated carbocycles. The second-order valence-corrected chi connectivity index (χ2v) is 15.3. The number of nitrogens with zero attached hydrogens (tertiary/aromatic N) is 2. The van der Waals surface area contributed by atoms with Crippen molar-refractivity contribution in [2.24, 2.45) is 0 Å². The molecule has 0 fully saturated rings. The Labute approximate surface area is 311 Å². The van der Waals surface area contributed by atoms with E-state index in [0.717, 1.165) is 27.6 Å². The van der Waals surface area contributed by atoms with Crippen molar-refractivity contribution >= 4 is 65.6 Å². The molecule has 1 aliphatic carbocycles. The predicted octanol–water partition coefficient (Wildman–Crippen LogP) is 13.8. The molecule has 254 valence electrons. The largest absolute Gasteiger partial charge is 0.456 e. The van der Waals surface area contributed by atoms with E-state index in [1.807, 2.05) is 6.07 Å². The lowest BCUT2D eigenvalue weighted by Gasteiger charge is -2.21. The number of hydrogen-bond acceptors (Lipinski definition) is 1. The molecule has 0 radical (unpaired) electrons. The van der Waals surface area contributed by atoms with Crippen molar-refractivity contribution in [3.63, 3.8) is 0 Å². The van der Waals surface area contributed by atoms with E-state index in [1.165, 1.54) is 82.7 Å². The van der Waals surface area contributed by atoms with Crippen LogP contribution in [0.25, 0.3) is 99.2 Å². The summed E-state index contributed by atoms with van der Waals surface area (Å²) in [5, 5.41) is 7.26. The van der Waals surface area contributed by atoms with Crippen molar-refractivity contribution in [2.45, 2.75) is 19.3 Å². The molecule has 1 aliphatic rings. The highest BCUT2D eigenvalue weighted by Gasteiger charge is 2.37. The summed E-state index contributed by atoms with van der Waals surface area (Å²) in [6.07, 6.45) is 0. The second kappa shape index (κ2) is 10.6. The van der Waals surface area contributed by atoms with E-state index in [-0.39, 0.29) is 5.41 Å². The van der Waals surface area contributed by atoms with Crippen LogP contribution in [0.3, 0.4) is 0 Å². The highest BCUT2D eigenvalue weighted by atomic mass is 16.3. The van der Waals surface area contributed by atoms with Gasteiger partial charge in [-0.1, -0.05) is 117 Å². The SMILES string of the molecule is CC1(C)c2ccccc2-c2c1ccc1c2c2cc(-c3ccc4c5cc6oc7ccccc7c6cc5n(-c5ccccc5)c4c3)ccc2n1-c1ccccc1. The zero-order valence-electron chi connectivity index (χ0n) is 30.0. The summed E-state index contributed by atoms with van der Waals surface area (Å²) in [7, 11) is 0. The summed E-state index contributed by atoms with van der Waals surface area (Å²) in [5.74, 6) is 0. The van der Waals surface area contributed by atoms with Crippen LogP contribution in [0.2, 0.25) is 0 Å². The molecule has 3 nitrogen and oxygen atoms in total. The highest BCUT2D eigenvalue weighted by molar-refractivity contribution is 6.20. The fourth-order valence-corrected chi connectivity index (χ4v) is 9.61. The number of furan rings is 1. The van der Waals surface area contributed by atoms with Gasteiger partial charge >= 0.3 is 0 Å². The van der Waals surface area contributed by atoms with Gasteiger partial charge in [0.1, 0.15) is 11.2 Å². The number of para-hydroxylation sites is 3. The molecule has 11 aromatic rings. The van der Waals surface area contributed by atoms with Crippen LogP contribution in [0, 0.1) is 0 Å². The molecule has 8 aromatic carbocycles. The molecule has 0 unspecified atom stereocenters. The van der Waals surface area contributed by atoms with Crippen LogP contribution in [0.4, 0.5) is 0 Å². The van der Waals surface area contributed by atoms with E-state index in [0.29, 0.717) is 0 Å². The second-order valence-electron chi connectivity index (χ2n) is 15.3. The van der Waals surface area contributed by atoms with Crippen LogP contribution < -0.4 is 0 Å². The van der Waals surface area contributed by atoms with E-state index in [2.05, 4.69) is 187 Å². The summed E-state index contributed by atoms with van der Waals surface area (Å²) in [6, 6.07) is 62.1. The molecule has 54 heavy (non-hydrogen) atoms. The first-order valence-corrected chi connectivity index (χ1v) is 18.8. The molecule has 0 amide bonds. The van der Waals surface area contributed by atoms with Gasteiger partial charge in [0.25, 0.3) is 0 Å². The van der Waals surface area contributed by atoms with Gasteiger partial charge in [0.05, 0.1) is 22.1 Å². The fraction of sp³-hybridized carbons (Fsp3) is 0.0588. The Morgan fingerprint density at radius 2 is 1.06 bits per heavy atom. The normalized spacial score (nSPS) is 13.5. The van der Waals surface area contributed by atoms with Gasteiger partial charge in [-0.25, -0.2) is 0 Å². The van der Waals surface area contributed by atoms with Crippen molar-refractivity contribution < 1.29 is 4.42 Å². The van der Waals surface area contributed by atoms with Crippen LogP contribution >= 0.6 is 0 Å².